The van der Waals surface area contributed by atoms with Gasteiger partial charge in [0.25, 0.3) is 0 Å². The second-order valence-corrected chi connectivity index (χ2v) is 7.11. The lowest BCUT2D eigenvalue weighted by Gasteiger charge is -2.21. The molecule has 1 aliphatic carbocycles. The predicted molar refractivity (Wildman–Crippen MR) is 88.3 cm³/mol. The summed E-state index contributed by atoms with van der Waals surface area (Å²) in [5.74, 6) is 0.600. The summed E-state index contributed by atoms with van der Waals surface area (Å²) in [7, 11) is 0. The number of aryl methyl sites for hydroxylation is 2. The van der Waals surface area contributed by atoms with E-state index in [1.165, 1.54) is 30.4 Å². The number of benzene rings is 1. The molecule has 5 heteroatoms. The maximum atomic E-state index is 9.81. The van der Waals surface area contributed by atoms with Gasteiger partial charge in [-0.1, -0.05) is 29.9 Å². The van der Waals surface area contributed by atoms with Crippen LogP contribution in [0.15, 0.2) is 18.2 Å². The number of aliphatic hydroxyl groups excluding tert-OH is 1. The van der Waals surface area contributed by atoms with Crippen LogP contribution in [-0.4, -0.2) is 19.7 Å². The van der Waals surface area contributed by atoms with Gasteiger partial charge in [0.1, 0.15) is 5.01 Å². The Morgan fingerprint density at radius 3 is 2.73 bits per heavy atom. The molecular formula is C17H19N3OS. The van der Waals surface area contributed by atoms with E-state index in [-0.39, 0.29) is 6.61 Å². The highest BCUT2D eigenvalue weighted by atomic mass is 32.1. The van der Waals surface area contributed by atoms with Crippen molar-refractivity contribution in [2.24, 2.45) is 0 Å². The number of hydrogen-bond acceptors (Lipinski definition) is 4. The summed E-state index contributed by atoms with van der Waals surface area (Å²) in [5.41, 5.74) is 5.20. The van der Waals surface area contributed by atoms with Crippen LogP contribution in [0.25, 0.3) is 16.2 Å². The van der Waals surface area contributed by atoms with E-state index in [2.05, 4.69) is 32.0 Å². The first-order valence-corrected chi connectivity index (χ1v) is 8.56. The van der Waals surface area contributed by atoms with E-state index < -0.39 is 0 Å². The van der Waals surface area contributed by atoms with Crippen molar-refractivity contribution >= 4 is 16.3 Å². The fraction of sp³-hybridized carbons (Fsp3) is 0.412. The second kappa shape index (κ2) is 5.18. The maximum absolute atomic E-state index is 9.81. The van der Waals surface area contributed by atoms with E-state index in [9.17, 15) is 5.11 Å². The van der Waals surface area contributed by atoms with Gasteiger partial charge in [0, 0.05) is 11.5 Å². The topological polar surface area (TPSA) is 50.4 Å². The summed E-state index contributed by atoms with van der Waals surface area (Å²) in [5, 5.41) is 15.7. The molecule has 0 aliphatic heterocycles. The highest BCUT2D eigenvalue weighted by Crippen LogP contribution is 2.39. The molecule has 1 aromatic carbocycles. The minimum Gasteiger partial charge on any atom is -0.390 e. The molecule has 3 aromatic rings. The van der Waals surface area contributed by atoms with E-state index >= 15 is 0 Å². The summed E-state index contributed by atoms with van der Waals surface area (Å²) in [6.07, 6.45) is 3.76. The van der Waals surface area contributed by atoms with Crippen molar-refractivity contribution < 1.29 is 5.11 Å². The first-order chi connectivity index (χ1) is 10.7. The fourth-order valence-electron chi connectivity index (χ4n) is 2.89. The Hall–Kier alpha value is -1.72. The summed E-state index contributed by atoms with van der Waals surface area (Å²) >= 11 is 1.66. The zero-order chi connectivity index (χ0) is 15.3. The van der Waals surface area contributed by atoms with Gasteiger partial charge in [0.15, 0.2) is 0 Å². The molecule has 0 bridgehead atoms. The van der Waals surface area contributed by atoms with Gasteiger partial charge in [-0.05, 0) is 43.9 Å². The Kier molecular flexibility index (Phi) is 3.27. The Morgan fingerprint density at radius 1 is 1.27 bits per heavy atom. The number of aliphatic hydroxyl groups is 1. The van der Waals surface area contributed by atoms with Gasteiger partial charge < -0.3 is 5.11 Å². The largest absolute Gasteiger partial charge is 0.390 e. The van der Waals surface area contributed by atoms with Crippen LogP contribution in [0.5, 0.6) is 0 Å². The van der Waals surface area contributed by atoms with E-state index in [1.54, 1.807) is 11.3 Å². The second-order valence-electron chi connectivity index (χ2n) is 6.13. The molecule has 1 fully saturated rings. The number of imidazole rings is 1. The lowest BCUT2D eigenvalue weighted by Crippen LogP contribution is -2.09. The third kappa shape index (κ3) is 2.08. The molecule has 0 unspecified atom stereocenters. The fourth-order valence-corrected chi connectivity index (χ4v) is 3.97. The van der Waals surface area contributed by atoms with Crippen LogP contribution >= 0.6 is 11.3 Å². The van der Waals surface area contributed by atoms with Crippen LogP contribution in [0.2, 0.25) is 0 Å². The predicted octanol–water partition coefficient (Wildman–Crippen LogP) is 3.83. The molecule has 4 rings (SSSR count). The Bertz CT molecular complexity index is 845. The SMILES string of the molecule is Cc1ccc(-c2nc3sc(C4CCC4)nn3c2CO)cc1C. The van der Waals surface area contributed by atoms with Gasteiger partial charge in [-0.3, -0.25) is 0 Å². The van der Waals surface area contributed by atoms with Gasteiger partial charge in [-0.15, -0.1) is 0 Å². The van der Waals surface area contributed by atoms with Crippen molar-refractivity contribution in [2.75, 3.05) is 0 Å². The number of fused-ring (bicyclic) bond motifs is 1. The lowest BCUT2D eigenvalue weighted by atomic mass is 9.86. The van der Waals surface area contributed by atoms with Gasteiger partial charge in [0.2, 0.25) is 4.96 Å². The zero-order valence-electron chi connectivity index (χ0n) is 12.8. The molecule has 1 saturated carbocycles. The smallest absolute Gasteiger partial charge is 0.213 e. The summed E-state index contributed by atoms with van der Waals surface area (Å²) < 4.78 is 1.84. The molecule has 2 aromatic heterocycles. The minimum absolute atomic E-state index is 0.0444. The summed E-state index contributed by atoms with van der Waals surface area (Å²) in [6.45, 7) is 4.16. The summed E-state index contributed by atoms with van der Waals surface area (Å²) in [4.78, 5) is 5.63. The van der Waals surface area contributed by atoms with Crippen molar-refractivity contribution in [3.8, 4) is 11.3 Å². The van der Waals surface area contributed by atoms with Gasteiger partial charge in [0.05, 0.1) is 18.0 Å². The van der Waals surface area contributed by atoms with Crippen molar-refractivity contribution in [2.45, 2.75) is 45.6 Å². The number of nitrogens with zero attached hydrogens (tertiary/aromatic N) is 3. The first-order valence-electron chi connectivity index (χ1n) is 7.74. The zero-order valence-corrected chi connectivity index (χ0v) is 13.7. The average Bonchev–Trinajstić information content (AvgIpc) is 2.97. The molecule has 4 nitrogen and oxygen atoms in total. The molecule has 0 atom stereocenters. The molecule has 0 amide bonds. The third-order valence-electron chi connectivity index (χ3n) is 4.70. The molecule has 1 aliphatic rings. The Morgan fingerprint density at radius 2 is 2.09 bits per heavy atom. The number of hydrogen-bond donors (Lipinski definition) is 1. The van der Waals surface area contributed by atoms with Crippen LogP contribution in [0.4, 0.5) is 0 Å². The normalized spacial score (nSPS) is 15.4. The highest BCUT2D eigenvalue weighted by molar-refractivity contribution is 7.16. The lowest BCUT2D eigenvalue weighted by molar-refractivity contribution is 0.274. The maximum Gasteiger partial charge on any atom is 0.213 e. The van der Waals surface area contributed by atoms with Crippen molar-refractivity contribution in [3.05, 3.63) is 40.0 Å². The van der Waals surface area contributed by atoms with Crippen LogP contribution in [0, 0.1) is 13.8 Å². The molecule has 0 radical (unpaired) electrons. The Labute approximate surface area is 133 Å². The van der Waals surface area contributed by atoms with Crippen LogP contribution < -0.4 is 0 Å². The summed E-state index contributed by atoms with van der Waals surface area (Å²) in [6, 6.07) is 6.31. The van der Waals surface area contributed by atoms with Crippen molar-refractivity contribution in [1.29, 1.82) is 0 Å². The highest BCUT2D eigenvalue weighted by Gasteiger charge is 2.25. The van der Waals surface area contributed by atoms with Crippen LogP contribution in [-0.2, 0) is 6.61 Å². The van der Waals surface area contributed by atoms with E-state index in [1.807, 2.05) is 4.52 Å². The van der Waals surface area contributed by atoms with Crippen LogP contribution in [0.1, 0.15) is 47.0 Å². The van der Waals surface area contributed by atoms with Crippen molar-refractivity contribution in [3.63, 3.8) is 0 Å². The number of rotatable bonds is 3. The van der Waals surface area contributed by atoms with Gasteiger partial charge in [-0.25, -0.2) is 9.50 Å². The first kappa shape index (κ1) is 13.9. The molecule has 22 heavy (non-hydrogen) atoms. The van der Waals surface area contributed by atoms with E-state index in [0.717, 1.165) is 26.9 Å². The monoisotopic (exact) mass is 313 g/mol. The third-order valence-corrected chi connectivity index (χ3v) is 5.77. The average molecular weight is 313 g/mol. The standard InChI is InChI=1S/C17H19N3OS/c1-10-6-7-13(8-11(10)2)15-14(9-21)20-17(18-15)22-16(19-20)12-4-3-5-12/h6-8,12,21H,3-5,9H2,1-2H3. The number of aromatic nitrogens is 3. The van der Waals surface area contributed by atoms with Gasteiger partial charge >= 0.3 is 0 Å². The van der Waals surface area contributed by atoms with Gasteiger partial charge in [-0.2, -0.15) is 5.10 Å². The molecule has 0 saturated heterocycles. The van der Waals surface area contributed by atoms with Crippen molar-refractivity contribution in [1.82, 2.24) is 14.6 Å². The molecule has 114 valence electrons. The molecule has 1 N–H and O–H groups in total. The molecular weight excluding hydrogens is 294 g/mol. The van der Waals surface area contributed by atoms with E-state index in [4.69, 9.17) is 10.1 Å². The van der Waals surface area contributed by atoms with E-state index in [0.29, 0.717) is 5.92 Å². The molecule has 0 spiro atoms. The molecule has 2 heterocycles. The van der Waals surface area contributed by atoms with Crippen LogP contribution in [0.3, 0.4) is 0 Å². The Balaban J connectivity index is 1.83. The quantitative estimate of drug-likeness (QED) is 0.799. The minimum atomic E-state index is -0.0444.